The summed E-state index contributed by atoms with van der Waals surface area (Å²) in [6.45, 7) is 2.83. The number of fused-ring (bicyclic) bond motifs is 2. The fraction of sp³-hybridized carbons (Fsp3) is 0.600. The Labute approximate surface area is 142 Å². The minimum Gasteiger partial charge on any atom is -0.481 e. The van der Waals surface area contributed by atoms with Crippen LogP contribution in [0.25, 0.3) is 0 Å². The molecule has 128 valence electrons. The third-order valence-corrected chi connectivity index (χ3v) is 6.52. The van der Waals surface area contributed by atoms with Crippen LogP contribution in [0.4, 0.5) is 0 Å². The Hall–Kier alpha value is -1.84. The normalized spacial score (nSPS) is 34.7. The van der Waals surface area contributed by atoms with Crippen molar-refractivity contribution < 1.29 is 14.7 Å². The number of carboxylic acid groups (broad SMARTS) is 1. The van der Waals surface area contributed by atoms with Crippen LogP contribution in [0, 0.1) is 11.3 Å². The van der Waals surface area contributed by atoms with Crippen LogP contribution in [0.1, 0.15) is 50.2 Å². The molecule has 1 N–H and O–H groups in total. The van der Waals surface area contributed by atoms with E-state index in [1.54, 1.807) is 6.92 Å². The summed E-state index contributed by atoms with van der Waals surface area (Å²) in [7, 11) is 0. The van der Waals surface area contributed by atoms with Gasteiger partial charge >= 0.3 is 5.97 Å². The molecule has 1 aromatic rings. The number of carbonyl (C=O) groups is 2. The van der Waals surface area contributed by atoms with E-state index in [1.165, 1.54) is 11.1 Å². The molecule has 4 rings (SSSR count). The summed E-state index contributed by atoms with van der Waals surface area (Å²) in [5.41, 5.74) is 2.00. The molecule has 1 spiro atoms. The molecule has 3 atom stereocenters. The Bertz CT molecular complexity index is 700. The number of likely N-dealkylation sites (tertiary alicyclic amines) is 1. The molecular weight excluding hydrogens is 302 g/mol. The van der Waals surface area contributed by atoms with Crippen LogP contribution >= 0.6 is 0 Å². The Morgan fingerprint density at radius 2 is 2.00 bits per heavy atom. The van der Waals surface area contributed by atoms with Gasteiger partial charge in [0.05, 0.1) is 5.41 Å². The SMILES string of the molecule is CC1(C(=O)O)CCCN(C(=O)C2CC23CCCc2ccccc23)C1. The molecule has 2 aliphatic carbocycles. The highest BCUT2D eigenvalue weighted by Gasteiger charge is 2.61. The lowest BCUT2D eigenvalue weighted by atomic mass is 9.78. The molecule has 0 radical (unpaired) electrons. The third-order valence-electron chi connectivity index (χ3n) is 6.52. The lowest BCUT2D eigenvalue weighted by molar-refractivity contribution is -0.153. The highest BCUT2D eigenvalue weighted by Crippen LogP contribution is 2.61. The molecule has 1 saturated carbocycles. The largest absolute Gasteiger partial charge is 0.481 e. The topological polar surface area (TPSA) is 57.6 Å². The van der Waals surface area contributed by atoms with Gasteiger partial charge in [-0.05, 0) is 56.6 Å². The zero-order chi connectivity index (χ0) is 16.9. The molecule has 1 aliphatic heterocycles. The van der Waals surface area contributed by atoms with E-state index >= 15 is 0 Å². The first-order valence-corrected chi connectivity index (χ1v) is 9.07. The predicted octanol–water partition coefficient (Wildman–Crippen LogP) is 2.99. The second kappa shape index (κ2) is 5.33. The van der Waals surface area contributed by atoms with Crippen molar-refractivity contribution in [3.05, 3.63) is 35.4 Å². The maximum atomic E-state index is 13.1. The summed E-state index contributed by atoms with van der Waals surface area (Å²) in [6.07, 6.45) is 5.72. The number of carbonyl (C=O) groups excluding carboxylic acids is 1. The maximum absolute atomic E-state index is 13.1. The van der Waals surface area contributed by atoms with Crippen LogP contribution in [0.5, 0.6) is 0 Å². The molecular formula is C20H25NO3. The number of benzene rings is 1. The zero-order valence-corrected chi connectivity index (χ0v) is 14.3. The summed E-state index contributed by atoms with van der Waals surface area (Å²) in [5, 5.41) is 9.49. The smallest absolute Gasteiger partial charge is 0.311 e. The van der Waals surface area contributed by atoms with E-state index in [0.29, 0.717) is 19.5 Å². The van der Waals surface area contributed by atoms with Crippen molar-refractivity contribution in [2.45, 2.75) is 50.9 Å². The van der Waals surface area contributed by atoms with Gasteiger partial charge in [0.2, 0.25) is 5.91 Å². The fourth-order valence-corrected chi connectivity index (χ4v) is 4.98. The third kappa shape index (κ3) is 2.27. The molecule has 2 fully saturated rings. The number of hydrogen-bond donors (Lipinski definition) is 1. The van der Waals surface area contributed by atoms with E-state index in [0.717, 1.165) is 32.1 Å². The van der Waals surface area contributed by atoms with Crippen molar-refractivity contribution in [3.63, 3.8) is 0 Å². The Morgan fingerprint density at radius 1 is 1.21 bits per heavy atom. The number of amides is 1. The van der Waals surface area contributed by atoms with E-state index in [1.807, 2.05) is 4.90 Å². The lowest BCUT2D eigenvalue weighted by Crippen LogP contribution is -2.49. The predicted molar refractivity (Wildman–Crippen MR) is 90.7 cm³/mol. The van der Waals surface area contributed by atoms with E-state index in [4.69, 9.17) is 0 Å². The molecule has 24 heavy (non-hydrogen) atoms. The zero-order valence-electron chi connectivity index (χ0n) is 14.3. The van der Waals surface area contributed by atoms with Gasteiger partial charge in [-0.2, -0.15) is 0 Å². The molecule has 4 nitrogen and oxygen atoms in total. The van der Waals surface area contributed by atoms with Gasteiger partial charge in [0, 0.05) is 24.4 Å². The Kier molecular flexibility index (Phi) is 3.48. The van der Waals surface area contributed by atoms with Gasteiger partial charge in [0.15, 0.2) is 0 Å². The average molecular weight is 327 g/mol. The van der Waals surface area contributed by atoms with E-state index < -0.39 is 11.4 Å². The van der Waals surface area contributed by atoms with Gasteiger partial charge in [0.25, 0.3) is 0 Å². The molecule has 3 unspecified atom stereocenters. The van der Waals surface area contributed by atoms with Crippen LogP contribution in [-0.4, -0.2) is 35.0 Å². The van der Waals surface area contributed by atoms with Crippen molar-refractivity contribution in [1.82, 2.24) is 4.90 Å². The second-order valence-corrected chi connectivity index (χ2v) is 8.15. The van der Waals surface area contributed by atoms with Gasteiger partial charge in [-0.15, -0.1) is 0 Å². The number of aryl methyl sites for hydroxylation is 1. The van der Waals surface area contributed by atoms with Gasteiger partial charge in [-0.25, -0.2) is 0 Å². The van der Waals surface area contributed by atoms with E-state index in [2.05, 4.69) is 24.3 Å². The van der Waals surface area contributed by atoms with Gasteiger partial charge < -0.3 is 10.0 Å². The van der Waals surface area contributed by atoms with Crippen molar-refractivity contribution in [1.29, 1.82) is 0 Å². The molecule has 1 aromatic carbocycles. The maximum Gasteiger partial charge on any atom is 0.311 e. The average Bonchev–Trinajstić information content (AvgIpc) is 3.29. The first-order chi connectivity index (χ1) is 11.5. The van der Waals surface area contributed by atoms with Crippen LogP contribution in [0.2, 0.25) is 0 Å². The van der Waals surface area contributed by atoms with Crippen LogP contribution in [0.3, 0.4) is 0 Å². The molecule has 1 saturated heterocycles. The van der Waals surface area contributed by atoms with Crippen molar-refractivity contribution in [2.24, 2.45) is 11.3 Å². The molecule has 0 bridgehead atoms. The highest BCUT2D eigenvalue weighted by atomic mass is 16.4. The Morgan fingerprint density at radius 3 is 2.79 bits per heavy atom. The first kappa shape index (κ1) is 15.7. The van der Waals surface area contributed by atoms with Gasteiger partial charge in [0.1, 0.15) is 0 Å². The number of carboxylic acids is 1. The number of rotatable bonds is 2. The molecule has 3 aliphatic rings. The minimum atomic E-state index is -0.791. The number of aliphatic carboxylic acids is 1. The first-order valence-electron chi connectivity index (χ1n) is 9.07. The summed E-state index contributed by atoms with van der Waals surface area (Å²) in [4.78, 5) is 26.5. The summed E-state index contributed by atoms with van der Waals surface area (Å²) in [5.74, 6) is -0.553. The van der Waals surface area contributed by atoms with Crippen LogP contribution in [-0.2, 0) is 21.4 Å². The van der Waals surface area contributed by atoms with E-state index in [9.17, 15) is 14.7 Å². The summed E-state index contributed by atoms with van der Waals surface area (Å²) in [6, 6.07) is 8.55. The lowest BCUT2D eigenvalue weighted by Gasteiger charge is -2.38. The molecule has 1 amide bonds. The van der Waals surface area contributed by atoms with Gasteiger partial charge in [-0.3, -0.25) is 9.59 Å². The Balaban J connectivity index is 1.55. The van der Waals surface area contributed by atoms with Crippen LogP contribution < -0.4 is 0 Å². The second-order valence-electron chi connectivity index (χ2n) is 8.15. The molecule has 4 heteroatoms. The fourth-order valence-electron chi connectivity index (χ4n) is 4.98. The monoisotopic (exact) mass is 327 g/mol. The van der Waals surface area contributed by atoms with Gasteiger partial charge in [-0.1, -0.05) is 24.3 Å². The standard InChI is InChI=1S/C20H25NO3/c1-19(18(23)24)9-5-11-21(13-19)17(22)16-12-20(16)10-4-7-14-6-2-3-8-15(14)20/h2-3,6,8,16H,4-5,7,9-13H2,1H3,(H,23,24). The molecule has 0 aromatic heterocycles. The minimum absolute atomic E-state index is 0.0308. The van der Waals surface area contributed by atoms with Crippen LogP contribution in [0.15, 0.2) is 24.3 Å². The molecule has 1 heterocycles. The quantitative estimate of drug-likeness (QED) is 0.908. The van der Waals surface area contributed by atoms with Crippen molar-refractivity contribution in [2.75, 3.05) is 13.1 Å². The van der Waals surface area contributed by atoms with E-state index in [-0.39, 0.29) is 17.2 Å². The highest BCUT2D eigenvalue weighted by molar-refractivity contribution is 5.86. The van der Waals surface area contributed by atoms with Crippen molar-refractivity contribution >= 4 is 11.9 Å². The number of nitrogens with zero attached hydrogens (tertiary/aromatic N) is 1. The number of piperidine rings is 1. The summed E-state index contributed by atoms with van der Waals surface area (Å²) < 4.78 is 0. The number of hydrogen-bond acceptors (Lipinski definition) is 2. The van der Waals surface area contributed by atoms with Crippen molar-refractivity contribution in [3.8, 4) is 0 Å². The summed E-state index contributed by atoms with van der Waals surface area (Å²) >= 11 is 0.